The van der Waals surface area contributed by atoms with Gasteiger partial charge in [-0.2, -0.15) is 13.2 Å². The summed E-state index contributed by atoms with van der Waals surface area (Å²) < 4.78 is 39.4. The number of nitrogens with one attached hydrogen (secondary N) is 2. The molecule has 2 aromatic carbocycles. The number of carbonyl (C=O) groups is 2. The van der Waals surface area contributed by atoms with Crippen molar-refractivity contribution in [2.75, 3.05) is 28.6 Å². The Morgan fingerprint density at radius 1 is 1.00 bits per heavy atom. The first-order valence-corrected chi connectivity index (χ1v) is 9.35. The van der Waals surface area contributed by atoms with Gasteiger partial charge in [0.15, 0.2) is 0 Å². The molecule has 0 aliphatic carbocycles. The molecule has 1 heterocycles. The highest BCUT2D eigenvalue weighted by Gasteiger charge is 2.32. The molecule has 0 unspecified atom stereocenters. The lowest BCUT2D eigenvalue weighted by molar-refractivity contribution is -0.137. The number of rotatable bonds is 5. The Kier molecular flexibility index (Phi) is 6.10. The Labute approximate surface area is 166 Å². The van der Waals surface area contributed by atoms with E-state index in [-0.39, 0.29) is 18.0 Å². The van der Waals surface area contributed by atoms with Crippen LogP contribution in [-0.2, 0) is 22.2 Å². The van der Waals surface area contributed by atoms with Crippen molar-refractivity contribution in [3.8, 4) is 0 Å². The molecule has 5 nitrogen and oxygen atoms in total. The second-order valence-electron chi connectivity index (χ2n) is 7.03. The van der Waals surface area contributed by atoms with Gasteiger partial charge in [-0.15, -0.1) is 0 Å². The molecule has 2 N–H and O–H groups in total. The number of hydrogen-bond donors (Lipinski definition) is 2. The Morgan fingerprint density at radius 2 is 1.66 bits per heavy atom. The van der Waals surface area contributed by atoms with Crippen LogP contribution in [0.15, 0.2) is 42.5 Å². The first-order chi connectivity index (χ1) is 13.7. The van der Waals surface area contributed by atoms with E-state index in [0.29, 0.717) is 16.9 Å². The minimum atomic E-state index is -4.48. The smallest absolute Gasteiger partial charge is 0.370 e. The molecule has 2 aromatic rings. The van der Waals surface area contributed by atoms with Crippen molar-refractivity contribution >= 4 is 28.9 Å². The molecule has 0 radical (unpaired) electrons. The number of hydrogen-bond acceptors (Lipinski definition) is 3. The highest BCUT2D eigenvalue weighted by atomic mass is 19.4. The van der Waals surface area contributed by atoms with Crippen LogP contribution in [0.25, 0.3) is 0 Å². The number of alkyl halides is 3. The standard InChI is InChI=1S/C21H22F3N3O2/c1-14(28)25-17-7-4-15(5-8-17)12-20(29)26-18-13-16(21(22,23)24)6-9-19(18)27-10-2-3-11-27/h4-9,13H,2-3,10-12H2,1H3,(H,25,28)(H,26,29). The minimum absolute atomic E-state index is 0.00996. The van der Waals surface area contributed by atoms with Gasteiger partial charge in [0.25, 0.3) is 0 Å². The largest absolute Gasteiger partial charge is 0.416 e. The monoisotopic (exact) mass is 405 g/mol. The summed E-state index contributed by atoms with van der Waals surface area (Å²) in [6.45, 7) is 2.89. The van der Waals surface area contributed by atoms with Crippen LogP contribution in [0.3, 0.4) is 0 Å². The molecule has 1 fully saturated rings. The molecule has 29 heavy (non-hydrogen) atoms. The summed E-state index contributed by atoms with van der Waals surface area (Å²) in [7, 11) is 0. The van der Waals surface area contributed by atoms with Crippen LogP contribution in [-0.4, -0.2) is 24.9 Å². The van der Waals surface area contributed by atoms with Gasteiger partial charge in [-0.1, -0.05) is 12.1 Å². The quantitative estimate of drug-likeness (QED) is 0.773. The summed E-state index contributed by atoms with van der Waals surface area (Å²) in [6.07, 6.45) is -2.54. The lowest BCUT2D eigenvalue weighted by Crippen LogP contribution is -2.22. The van der Waals surface area contributed by atoms with Crippen LogP contribution in [0.5, 0.6) is 0 Å². The number of amides is 2. The van der Waals surface area contributed by atoms with Crippen molar-refractivity contribution < 1.29 is 22.8 Å². The molecule has 3 rings (SSSR count). The van der Waals surface area contributed by atoms with E-state index >= 15 is 0 Å². The molecule has 154 valence electrons. The number of carbonyl (C=O) groups excluding carboxylic acids is 2. The van der Waals surface area contributed by atoms with Crippen molar-refractivity contribution in [2.24, 2.45) is 0 Å². The molecule has 0 atom stereocenters. The third-order valence-corrected chi connectivity index (χ3v) is 4.68. The van der Waals surface area contributed by atoms with Crippen LogP contribution in [0.2, 0.25) is 0 Å². The fraction of sp³-hybridized carbons (Fsp3) is 0.333. The molecule has 1 aliphatic rings. The summed E-state index contributed by atoms with van der Waals surface area (Å²) in [4.78, 5) is 25.5. The minimum Gasteiger partial charge on any atom is -0.370 e. The van der Waals surface area contributed by atoms with Crippen molar-refractivity contribution in [2.45, 2.75) is 32.4 Å². The van der Waals surface area contributed by atoms with Gasteiger partial charge in [-0.3, -0.25) is 9.59 Å². The number of anilines is 3. The van der Waals surface area contributed by atoms with E-state index in [9.17, 15) is 22.8 Å². The van der Waals surface area contributed by atoms with Gasteiger partial charge in [0.05, 0.1) is 23.4 Å². The molecule has 0 aromatic heterocycles. The van der Waals surface area contributed by atoms with E-state index in [0.717, 1.165) is 38.1 Å². The highest BCUT2D eigenvalue weighted by Crippen LogP contribution is 2.36. The summed E-state index contributed by atoms with van der Waals surface area (Å²) in [5.74, 6) is -0.605. The van der Waals surface area contributed by atoms with Gasteiger partial charge in [-0.05, 0) is 48.7 Å². The highest BCUT2D eigenvalue weighted by molar-refractivity contribution is 5.96. The molecule has 0 spiro atoms. The maximum Gasteiger partial charge on any atom is 0.416 e. The van der Waals surface area contributed by atoms with Crippen LogP contribution in [0.4, 0.5) is 30.2 Å². The van der Waals surface area contributed by atoms with Gasteiger partial charge >= 0.3 is 6.18 Å². The molecule has 0 saturated carbocycles. The molecular formula is C21H22F3N3O2. The molecule has 2 amide bonds. The summed E-state index contributed by atoms with van der Waals surface area (Å²) >= 11 is 0. The molecular weight excluding hydrogens is 383 g/mol. The summed E-state index contributed by atoms with van der Waals surface area (Å²) in [6, 6.07) is 10.2. The SMILES string of the molecule is CC(=O)Nc1ccc(CC(=O)Nc2cc(C(F)(F)F)ccc2N2CCCC2)cc1. The predicted molar refractivity (Wildman–Crippen MR) is 106 cm³/mol. The predicted octanol–water partition coefficient (Wildman–Crippen LogP) is 4.45. The fourth-order valence-electron chi connectivity index (χ4n) is 3.34. The molecule has 8 heteroatoms. The van der Waals surface area contributed by atoms with Gasteiger partial charge < -0.3 is 15.5 Å². The number of nitrogens with zero attached hydrogens (tertiary/aromatic N) is 1. The van der Waals surface area contributed by atoms with Crippen molar-refractivity contribution in [3.63, 3.8) is 0 Å². The van der Waals surface area contributed by atoms with E-state index in [1.165, 1.54) is 13.0 Å². The van der Waals surface area contributed by atoms with Crippen LogP contribution < -0.4 is 15.5 Å². The maximum absolute atomic E-state index is 13.1. The lowest BCUT2D eigenvalue weighted by Gasteiger charge is -2.23. The fourth-order valence-corrected chi connectivity index (χ4v) is 3.34. The Hall–Kier alpha value is -3.03. The second-order valence-corrected chi connectivity index (χ2v) is 7.03. The van der Waals surface area contributed by atoms with Crippen LogP contribution in [0.1, 0.15) is 30.9 Å². The first-order valence-electron chi connectivity index (χ1n) is 9.35. The van der Waals surface area contributed by atoms with Gasteiger partial charge in [0.2, 0.25) is 11.8 Å². The maximum atomic E-state index is 13.1. The van der Waals surface area contributed by atoms with Crippen molar-refractivity contribution in [1.29, 1.82) is 0 Å². The second kappa shape index (κ2) is 8.55. The molecule has 0 bridgehead atoms. The number of benzene rings is 2. The summed E-state index contributed by atoms with van der Waals surface area (Å²) in [5.41, 5.74) is 1.27. The Balaban J connectivity index is 1.76. The zero-order chi connectivity index (χ0) is 21.0. The third kappa shape index (κ3) is 5.49. The van der Waals surface area contributed by atoms with Gasteiger partial charge in [-0.25, -0.2) is 0 Å². The normalized spacial score (nSPS) is 14.0. The lowest BCUT2D eigenvalue weighted by atomic mass is 10.1. The van der Waals surface area contributed by atoms with E-state index in [1.54, 1.807) is 24.3 Å². The van der Waals surface area contributed by atoms with Crippen molar-refractivity contribution in [3.05, 3.63) is 53.6 Å². The van der Waals surface area contributed by atoms with Gasteiger partial charge in [0.1, 0.15) is 0 Å². The molecule has 1 saturated heterocycles. The number of halogens is 3. The van der Waals surface area contributed by atoms with E-state index in [2.05, 4.69) is 10.6 Å². The average molecular weight is 405 g/mol. The Bertz CT molecular complexity index is 889. The van der Waals surface area contributed by atoms with Crippen LogP contribution >= 0.6 is 0 Å². The molecule has 1 aliphatic heterocycles. The zero-order valence-electron chi connectivity index (χ0n) is 16.0. The first kappa shape index (κ1) is 20.7. The van der Waals surface area contributed by atoms with Crippen LogP contribution in [0, 0.1) is 0 Å². The van der Waals surface area contributed by atoms with Gasteiger partial charge in [0, 0.05) is 25.7 Å². The van der Waals surface area contributed by atoms with E-state index < -0.39 is 17.6 Å². The topological polar surface area (TPSA) is 61.4 Å². The Morgan fingerprint density at radius 3 is 2.24 bits per heavy atom. The average Bonchev–Trinajstić information content (AvgIpc) is 3.16. The third-order valence-electron chi connectivity index (χ3n) is 4.68. The summed E-state index contributed by atoms with van der Waals surface area (Å²) in [5, 5.41) is 5.28. The van der Waals surface area contributed by atoms with E-state index in [4.69, 9.17) is 0 Å². The zero-order valence-corrected chi connectivity index (χ0v) is 16.0. The van der Waals surface area contributed by atoms with E-state index in [1.807, 2.05) is 4.90 Å². The van der Waals surface area contributed by atoms with Crippen molar-refractivity contribution in [1.82, 2.24) is 0 Å².